The van der Waals surface area contributed by atoms with Crippen LogP contribution in [0.2, 0.25) is 0 Å². The summed E-state index contributed by atoms with van der Waals surface area (Å²) in [4.78, 5) is 16.1. The molecule has 114 valence electrons. The first-order valence-electron chi connectivity index (χ1n) is 7.61. The molecule has 21 heavy (non-hydrogen) atoms. The molecule has 1 unspecified atom stereocenters. The smallest absolute Gasteiger partial charge is 0.217 e. The Balaban J connectivity index is 2.05. The van der Waals surface area contributed by atoms with Gasteiger partial charge in [-0.3, -0.25) is 4.79 Å². The van der Waals surface area contributed by atoms with E-state index in [-0.39, 0.29) is 18.0 Å². The third-order valence-electron chi connectivity index (χ3n) is 3.89. The first-order valence-corrected chi connectivity index (χ1v) is 7.61. The summed E-state index contributed by atoms with van der Waals surface area (Å²) in [6.07, 6.45) is 1.84. The summed E-state index contributed by atoms with van der Waals surface area (Å²) in [6, 6.07) is 10.3. The highest BCUT2D eigenvalue weighted by Crippen LogP contribution is 2.18. The molecule has 0 saturated heterocycles. The Bertz CT molecular complexity index is 499. The number of aliphatic imine (C=N–C) groups is 1. The number of benzene rings is 1. The fourth-order valence-electron chi connectivity index (χ4n) is 2.50. The molecular weight excluding hydrogens is 264 g/mol. The zero-order chi connectivity index (χ0) is 15.2. The molecule has 4 nitrogen and oxygen atoms in total. The summed E-state index contributed by atoms with van der Waals surface area (Å²) in [5, 5.41) is 2.96. The van der Waals surface area contributed by atoms with Crippen LogP contribution in [0.1, 0.15) is 32.8 Å². The average molecular weight is 288 g/mol. The van der Waals surface area contributed by atoms with Gasteiger partial charge >= 0.3 is 0 Å². The van der Waals surface area contributed by atoms with E-state index in [9.17, 15) is 4.79 Å². The summed E-state index contributed by atoms with van der Waals surface area (Å²) in [5.74, 6) is 0.946. The van der Waals surface area contributed by atoms with Crippen LogP contribution in [0.5, 0.6) is 0 Å². The van der Waals surface area contributed by atoms with Gasteiger partial charge in [-0.1, -0.05) is 50.6 Å². The van der Waals surface area contributed by atoms with Crippen LogP contribution in [-0.2, 0) is 16.0 Å². The van der Waals surface area contributed by atoms with E-state index in [1.54, 1.807) is 0 Å². The largest absolute Gasteiger partial charge is 0.477 e. The molecule has 4 heteroatoms. The molecule has 0 bridgehead atoms. The second-order valence-electron chi connectivity index (χ2n) is 5.69. The topological polar surface area (TPSA) is 50.7 Å². The van der Waals surface area contributed by atoms with Gasteiger partial charge < -0.3 is 10.1 Å². The lowest BCUT2D eigenvalue weighted by Gasteiger charge is -2.22. The monoisotopic (exact) mass is 288 g/mol. The van der Waals surface area contributed by atoms with Crippen LogP contribution in [-0.4, -0.2) is 30.5 Å². The van der Waals surface area contributed by atoms with Gasteiger partial charge in [-0.25, -0.2) is 4.99 Å². The molecule has 1 aliphatic rings. The molecule has 1 amide bonds. The molecule has 0 saturated carbocycles. The van der Waals surface area contributed by atoms with E-state index in [1.165, 1.54) is 12.5 Å². The van der Waals surface area contributed by atoms with Crippen LogP contribution in [0.4, 0.5) is 0 Å². The Hall–Kier alpha value is -1.84. The zero-order valence-corrected chi connectivity index (χ0v) is 13.0. The molecule has 0 fully saturated rings. The van der Waals surface area contributed by atoms with Crippen LogP contribution in [0.3, 0.4) is 0 Å². The Labute approximate surface area is 126 Å². The SMILES string of the molecule is CC[C@H](C)[C@H](NC(C)=O)C1=NC(Cc2ccccc2)CO1. The van der Waals surface area contributed by atoms with Crippen molar-refractivity contribution in [3.05, 3.63) is 35.9 Å². The lowest BCUT2D eigenvalue weighted by atomic mass is 9.99. The van der Waals surface area contributed by atoms with Gasteiger partial charge in [0.25, 0.3) is 0 Å². The van der Waals surface area contributed by atoms with Gasteiger partial charge in [0.1, 0.15) is 12.6 Å². The second kappa shape index (κ2) is 7.25. The Morgan fingerprint density at radius 3 is 2.76 bits per heavy atom. The van der Waals surface area contributed by atoms with Gasteiger partial charge in [0, 0.05) is 6.92 Å². The first kappa shape index (κ1) is 15.5. The number of rotatable bonds is 6. The molecule has 1 heterocycles. The van der Waals surface area contributed by atoms with E-state index in [4.69, 9.17) is 4.74 Å². The molecule has 0 spiro atoms. The number of carbonyl (C=O) groups is 1. The Kier molecular flexibility index (Phi) is 5.37. The molecule has 1 aromatic carbocycles. The van der Waals surface area contributed by atoms with Crippen molar-refractivity contribution < 1.29 is 9.53 Å². The summed E-state index contributed by atoms with van der Waals surface area (Å²) < 4.78 is 5.76. The van der Waals surface area contributed by atoms with Gasteiger partial charge in [0.05, 0.1) is 6.04 Å². The van der Waals surface area contributed by atoms with Crippen molar-refractivity contribution in [3.63, 3.8) is 0 Å². The van der Waals surface area contributed by atoms with E-state index >= 15 is 0 Å². The predicted octanol–water partition coefficient (Wildman–Crippen LogP) is 2.58. The summed E-state index contributed by atoms with van der Waals surface area (Å²) >= 11 is 0. The van der Waals surface area contributed by atoms with Crippen LogP contribution in [0, 0.1) is 5.92 Å². The highest BCUT2D eigenvalue weighted by molar-refractivity contribution is 5.88. The minimum absolute atomic E-state index is 0.0434. The highest BCUT2D eigenvalue weighted by Gasteiger charge is 2.29. The molecule has 1 aliphatic heterocycles. The van der Waals surface area contributed by atoms with E-state index in [1.807, 2.05) is 18.2 Å². The summed E-state index contributed by atoms with van der Waals surface area (Å²) in [7, 11) is 0. The molecule has 0 aromatic heterocycles. The average Bonchev–Trinajstić information content (AvgIpc) is 2.93. The normalized spacial score (nSPS) is 20.3. The molecule has 1 N–H and O–H groups in total. The first-order chi connectivity index (χ1) is 10.1. The van der Waals surface area contributed by atoms with Gasteiger partial charge in [0.15, 0.2) is 0 Å². The lowest BCUT2D eigenvalue weighted by molar-refractivity contribution is -0.119. The van der Waals surface area contributed by atoms with Crippen molar-refractivity contribution in [2.45, 2.75) is 45.7 Å². The zero-order valence-electron chi connectivity index (χ0n) is 13.0. The van der Waals surface area contributed by atoms with Crippen molar-refractivity contribution in [1.82, 2.24) is 5.32 Å². The fraction of sp³-hybridized carbons (Fsp3) is 0.529. The Morgan fingerprint density at radius 2 is 2.14 bits per heavy atom. The number of hydrogen-bond donors (Lipinski definition) is 1. The molecule has 2 rings (SSSR count). The number of ether oxygens (including phenoxy) is 1. The maximum Gasteiger partial charge on any atom is 0.217 e. The summed E-state index contributed by atoms with van der Waals surface area (Å²) in [6.45, 7) is 6.34. The highest BCUT2D eigenvalue weighted by atomic mass is 16.5. The van der Waals surface area contributed by atoms with Crippen LogP contribution >= 0.6 is 0 Å². The number of amides is 1. The van der Waals surface area contributed by atoms with Crippen molar-refractivity contribution in [2.24, 2.45) is 10.9 Å². The minimum Gasteiger partial charge on any atom is -0.477 e. The van der Waals surface area contributed by atoms with Crippen molar-refractivity contribution in [1.29, 1.82) is 0 Å². The molecule has 1 aromatic rings. The fourth-order valence-corrected chi connectivity index (χ4v) is 2.50. The maximum atomic E-state index is 11.4. The van der Waals surface area contributed by atoms with Crippen molar-refractivity contribution >= 4 is 11.8 Å². The third kappa shape index (κ3) is 4.31. The summed E-state index contributed by atoms with van der Waals surface area (Å²) in [5.41, 5.74) is 1.26. The van der Waals surface area contributed by atoms with Crippen LogP contribution in [0.15, 0.2) is 35.3 Å². The number of nitrogens with one attached hydrogen (secondary N) is 1. The third-order valence-corrected chi connectivity index (χ3v) is 3.89. The molecule has 3 atom stereocenters. The second-order valence-corrected chi connectivity index (χ2v) is 5.69. The standard InChI is InChI=1S/C17H24N2O2/c1-4-12(2)16(18-13(3)20)17-19-15(11-21-17)10-14-8-6-5-7-9-14/h5-9,12,15-16H,4,10-11H2,1-3H3,(H,18,20)/t12-,15?,16-/m0/s1. The van der Waals surface area contributed by atoms with Gasteiger partial charge in [-0.05, 0) is 17.9 Å². The molecular formula is C17H24N2O2. The quantitative estimate of drug-likeness (QED) is 0.874. The van der Waals surface area contributed by atoms with Gasteiger partial charge in [0.2, 0.25) is 11.8 Å². The van der Waals surface area contributed by atoms with E-state index < -0.39 is 0 Å². The van der Waals surface area contributed by atoms with Crippen LogP contribution in [0.25, 0.3) is 0 Å². The molecule has 0 aliphatic carbocycles. The van der Waals surface area contributed by atoms with E-state index in [0.717, 1.165) is 12.8 Å². The minimum atomic E-state index is -0.117. The molecule has 0 radical (unpaired) electrons. The van der Waals surface area contributed by atoms with Crippen molar-refractivity contribution in [2.75, 3.05) is 6.61 Å². The Morgan fingerprint density at radius 1 is 1.43 bits per heavy atom. The van der Waals surface area contributed by atoms with E-state index in [0.29, 0.717) is 18.4 Å². The predicted molar refractivity (Wildman–Crippen MR) is 84.4 cm³/mol. The van der Waals surface area contributed by atoms with Gasteiger partial charge in [-0.15, -0.1) is 0 Å². The number of nitrogens with zero attached hydrogens (tertiary/aromatic N) is 1. The number of carbonyl (C=O) groups excluding carboxylic acids is 1. The number of hydrogen-bond acceptors (Lipinski definition) is 3. The van der Waals surface area contributed by atoms with Crippen molar-refractivity contribution in [3.8, 4) is 0 Å². The van der Waals surface area contributed by atoms with E-state index in [2.05, 4.69) is 36.3 Å². The maximum absolute atomic E-state index is 11.4. The van der Waals surface area contributed by atoms with Crippen LogP contribution < -0.4 is 5.32 Å². The lowest BCUT2D eigenvalue weighted by Crippen LogP contribution is -2.44. The van der Waals surface area contributed by atoms with Gasteiger partial charge in [-0.2, -0.15) is 0 Å².